The highest BCUT2D eigenvalue weighted by atomic mass is 32.1. The third kappa shape index (κ3) is 1.43. The maximum absolute atomic E-state index is 5.58. The summed E-state index contributed by atoms with van der Waals surface area (Å²) in [7, 11) is 2.26. The fourth-order valence-corrected chi connectivity index (χ4v) is 4.15. The average Bonchev–Trinajstić information content (AvgIpc) is 2.70. The molecule has 82 valence electrons. The molecule has 3 heterocycles. The SMILES string of the molecule is CN1C2CCC1c1sc(CCN)nc1C2. The van der Waals surface area contributed by atoms with Gasteiger partial charge in [-0.25, -0.2) is 4.98 Å². The van der Waals surface area contributed by atoms with Crippen LogP contribution in [0.4, 0.5) is 0 Å². The molecule has 0 saturated carbocycles. The van der Waals surface area contributed by atoms with E-state index in [4.69, 9.17) is 10.7 Å². The van der Waals surface area contributed by atoms with E-state index in [9.17, 15) is 0 Å². The standard InChI is InChI=1S/C11H17N3S/c1-14-7-2-3-9(14)11-8(6-7)13-10(15-11)4-5-12/h7,9H,2-6,12H2,1H3. The molecule has 2 aliphatic heterocycles. The van der Waals surface area contributed by atoms with Crippen LogP contribution in [0.15, 0.2) is 0 Å². The van der Waals surface area contributed by atoms with Crippen molar-refractivity contribution in [3.8, 4) is 0 Å². The highest BCUT2D eigenvalue weighted by molar-refractivity contribution is 7.11. The zero-order valence-corrected chi connectivity index (χ0v) is 9.89. The Balaban J connectivity index is 1.96. The van der Waals surface area contributed by atoms with E-state index in [1.54, 1.807) is 0 Å². The molecule has 0 amide bonds. The van der Waals surface area contributed by atoms with Crippen LogP contribution < -0.4 is 5.73 Å². The smallest absolute Gasteiger partial charge is 0.0944 e. The summed E-state index contributed by atoms with van der Waals surface area (Å²) in [6.07, 6.45) is 4.76. The van der Waals surface area contributed by atoms with Crippen molar-refractivity contribution in [2.45, 2.75) is 37.8 Å². The van der Waals surface area contributed by atoms with Gasteiger partial charge < -0.3 is 5.73 Å². The van der Waals surface area contributed by atoms with Gasteiger partial charge in [0.25, 0.3) is 0 Å². The number of nitrogens with two attached hydrogens (primary N) is 1. The average molecular weight is 223 g/mol. The van der Waals surface area contributed by atoms with Crippen LogP contribution in [0.5, 0.6) is 0 Å². The van der Waals surface area contributed by atoms with Crippen molar-refractivity contribution in [2.24, 2.45) is 5.73 Å². The first-order chi connectivity index (χ1) is 7.29. The van der Waals surface area contributed by atoms with E-state index in [1.807, 2.05) is 11.3 Å². The van der Waals surface area contributed by atoms with Gasteiger partial charge in [-0.05, 0) is 26.4 Å². The predicted molar refractivity (Wildman–Crippen MR) is 62.1 cm³/mol. The Hall–Kier alpha value is -0.450. The first-order valence-corrected chi connectivity index (χ1v) is 6.51. The Morgan fingerprint density at radius 2 is 2.40 bits per heavy atom. The largest absolute Gasteiger partial charge is 0.330 e. The van der Waals surface area contributed by atoms with Crippen molar-refractivity contribution in [1.29, 1.82) is 0 Å². The van der Waals surface area contributed by atoms with Crippen molar-refractivity contribution < 1.29 is 0 Å². The van der Waals surface area contributed by atoms with Gasteiger partial charge in [-0.15, -0.1) is 11.3 Å². The minimum Gasteiger partial charge on any atom is -0.330 e. The van der Waals surface area contributed by atoms with Gasteiger partial charge in [-0.1, -0.05) is 0 Å². The van der Waals surface area contributed by atoms with Crippen LogP contribution in [-0.4, -0.2) is 29.5 Å². The molecule has 0 aliphatic carbocycles. The lowest BCUT2D eigenvalue weighted by Crippen LogP contribution is -2.33. The predicted octanol–water partition coefficient (Wildman–Crippen LogP) is 1.34. The molecule has 1 aromatic heterocycles. The summed E-state index contributed by atoms with van der Waals surface area (Å²) in [6.45, 7) is 0.719. The molecule has 2 N–H and O–H groups in total. The van der Waals surface area contributed by atoms with Gasteiger partial charge in [0.2, 0.25) is 0 Å². The Morgan fingerprint density at radius 1 is 1.53 bits per heavy atom. The normalized spacial score (nSPS) is 29.5. The maximum Gasteiger partial charge on any atom is 0.0944 e. The van der Waals surface area contributed by atoms with E-state index in [-0.39, 0.29) is 0 Å². The maximum atomic E-state index is 5.58. The van der Waals surface area contributed by atoms with E-state index in [1.165, 1.54) is 28.4 Å². The van der Waals surface area contributed by atoms with Crippen LogP contribution in [0.2, 0.25) is 0 Å². The number of rotatable bonds is 2. The number of aromatic nitrogens is 1. The third-order valence-electron chi connectivity index (χ3n) is 3.70. The summed E-state index contributed by atoms with van der Waals surface area (Å²) in [5.41, 5.74) is 6.95. The Bertz CT molecular complexity index is 374. The first-order valence-electron chi connectivity index (χ1n) is 5.70. The van der Waals surface area contributed by atoms with Gasteiger partial charge in [0.1, 0.15) is 0 Å². The molecule has 4 heteroatoms. The summed E-state index contributed by atoms with van der Waals surface area (Å²) in [5.74, 6) is 0. The van der Waals surface area contributed by atoms with Crippen molar-refractivity contribution >= 4 is 11.3 Å². The molecule has 3 nitrogen and oxygen atoms in total. The second-order valence-corrected chi connectivity index (χ2v) is 5.69. The van der Waals surface area contributed by atoms with E-state index >= 15 is 0 Å². The summed E-state index contributed by atoms with van der Waals surface area (Å²) in [4.78, 5) is 8.78. The molecular weight excluding hydrogens is 206 g/mol. The van der Waals surface area contributed by atoms with Crippen LogP contribution in [-0.2, 0) is 12.8 Å². The molecule has 1 aromatic rings. The van der Waals surface area contributed by atoms with E-state index in [2.05, 4.69) is 11.9 Å². The zero-order valence-electron chi connectivity index (χ0n) is 9.07. The van der Waals surface area contributed by atoms with Crippen LogP contribution in [0.25, 0.3) is 0 Å². The minimum absolute atomic E-state index is 0.655. The minimum atomic E-state index is 0.655. The van der Waals surface area contributed by atoms with Gasteiger partial charge in [-0.3, -0.25) is 4.90 Å². The van der Waals surface area contributed by atoms with Gasteiger partial charge in [0.05, 0.1) is 10.7 Å². The zero-order chi connectivity index (χ0) is 10.4. The van der Waals surface area contributed by atoms with Gasteiger partial charge in [0, 0.05) is 29.8 Å². The number of fused-ring (bicyclic) bond motifs is 4. The van der Waals surface area contributed by atoms with E-state index < -0.39 is 0 Å². The van der Waals surface area contributed by atoms with E-state index in [0.29, 0.717) is 6.04 Å². The van der Waals surface area contributed by atoms with Crippen LogP contribution in [0.1, 0.15) is 34.5 Å². The highest BCUT2D eigenvalue weighted by Crippen LogP contribution is 2.44. The summed E-state index contributed by atoms with van der Waals surface area (Å²) >= 11 is 1.89. The van der Waals surface area contributed by atoms with Crippen molar-refractivity contribution in [3.63, 3.8) is 0 Å². The lowest BCUT2D eigenvalue weighted by Gasteiger charge is -2.29. The van der Waals surface area contributed by atoms with Crippen molar-refractivity contribution in [3.05, 3.63) is 15.6 Å². The monoisotopic (exact) mass is 223 g/mol. The van der Waals surface area contributed by atoms with Crippen LogP contribution in [0.3, 0.4) is 0 Å². The molecular formula is C11H17N3S. The third-order valence-corrected chi connectivity index (χ3v) is 4.96. The Morgan fingerprint density at radius 3 is 3.20 bits per heavy atom. The van der Waals surface area contributed by atoms with Crippen molar-refractivity contribution in [1.82, 2.24) is 9.88 Å². The lowest BCUT2D eigenvalue weighted by atomic mass is 10.1. The summed E-state index contributed by atoms with van der Waals surface area (Å²) in [5, 5.41) is 1.24. The second kappa shape index (κ2) is 3.54. The lowest BCUT2D eigenvalue weighted by molar-refractivity contribution is 0.226. The number of hydrogen-bond donors (Lipinski definition) is 1. The fraction of sp³-hybridized carbons (Fsp3) is 0.727. The molecule has 2 unspecified atom stereocenters. The molecule has 2 aliphatic rings. The summed E-state index contributed by atoms with van der Waals surface area (Å²) < 4.78 is 0. The second-order valence-electron chi connectivity index (χ2n) is 4.57. The fourth-order valence-electron chi connectivity index (χ4n) is 2.85. The number of hydrogen-bond acceptors (Lipinski definition) is 4. The topological polar surface area (TPSA) is 42.1 Å². The van der Waals surface area contributed by atoms with Gasteiger partial charge in [-0.2, -0.15) is 0 Å². The molecule has 3 rings (SSSR count). The first kappa shape index (κ1) is 9.75. The van der Waals surface area contributed by atoms with Crippen molar-refractivity contribution in [2.75, 3.05) is 13.6 Å². The molecule has 1 fully saturated rings. The molecule has 2 bridgehead atoms. The molecule has 0 aromatic carbocycles. The highest BCUT2D eigenvalue weighted by Gasteiger charge is 2.39. The quantitative estimate of drug-likeness (QED) is 0.822. The molecule has 1 saturated heterocycles. The van der Waals surface area contributed by atoms with Gasteiger partial charge >= 0.3 is 0 Å². The van der Waals surface area contributed by atoms with Crippen LogP contribution in [0, 0.1) is 0 Å². The van der Waals surface area contributed by atoms with E-state index in [0.717, 1.165) is 25.4 Å². The Labute approximate surface area is 94.3 Å². The molecule has 0 spiro atoms. The number of thiazole rings is 1. The van der Waals surface area contributed by atoms with Gasteiger partial charge in [0.15, 0.2) is 0 Å². The van der Waals surface area contributed by atoms with Crippen LogP contribution >= 0.6 is 11.3 Å². The molecule has 15 heavy (non-hydrogen) atoms. The Kier molecular flexibility index (Phi) is 2.30. The molecule has 2 atom stereocenters. The molecule has 0 radical (unpaired) electrons. The number of likely N-dealkylation sites (N-methyl/N-ethyl adjacent to an activating group) is 1. The number of nitrogens with zero attached hydrogens (tertiary/aromatic N) is 2. The summed E-state index contributed by atoms with van der Waals surface area (Å²) in [6, 6.07) is 1.40.